The molecule has 1 heterocycles. The summed E-state index contributed by atoms with van der Waals surface area (Å²) in [7, 11) is 0. The van der Waals surface area contributed by atoms with E-state index in [4.69, 9.17) is 5.73 Å². The summed E-state index contributed by atoms with van der Waals surface area (Å²) in [6.45, 7) is 7.93. The fourth-order valence-corrected chi connectivity index (χ4v) is 5.58. The molecule has 0 saturated heterocycles. The molecule has 3 N–H and O–H groups in total. The van der Waals surface area contributed by atoms with E-state index < -0.39 is 0 Å². The van der Waals surface area contributed by atoms with Crippen LogP contribution in [0.4, 0.5) is 0 Å². The third-order valence-corrected chi connectivity index (χ3v) is 7.85. The first-order valence-corrected chi connectivity index (χ1v) is 13.2. The van der Waals surface area contributed by atoms with Gasteiger partial charge in [0.1, 0.15) is 0 Å². The molecule has 0 bridgehead atoms. The van der Waals surface area contributed by atoms with E-state index in [1.807, 2.05) is 12.2 Å². The Morgan fingerprint density at radius 1 is 0.895 bits per heavy atom. The average Bonchev–Trinajstić information content (AvgIpc) is 3.33. The number of hydrogen-bond acceptors (Lipinski definition) is 1. The van der Waals surface area contributed by atoms with Gasteiger partial charge in [-0.3, -0.25) is 0 Å². The van der Waals surface area contributed by atoms with Crippen molar-refractivity contribution in [2.75, 3.05) is 0 Å². The average molecular weight is 493 g/mol. The predicted octanol–water partition coefficient (Wildman–Crippen LogP) is 9.31. The zero-order chi connectivity index (χ0) is 26.2. The van der Waals surface area contributed by atoms with Crippen LogP contribution in [-0.4, -0.2) is 4.98 Å². The van der Waals surface area contributed by atoms with Crippen molar-refractivity contribution in [1.29, 1.82) is 0 Å². The molecule has 6 rings (SSSR count). The van der Waals surface area contributed by atoms with E-state index in [-0.39, 0.29) is 0 Å². The van der Waals surface area contributed by atoms with Gasteiger partial charge in [-0.25, -0.2) is 0 Å². The molecule has 0 saturated carbocycles. The van der Waals surface area contributed by atoms with Gasteiger partial charge in [0.2, 0.25) is 0 Å². The van der Waals surface area contributed by atoms with Crippen molar-refractivity contribution in [3.63, 3.8) is 0 Å². The van der Waals surface area contributed by atoms with Crippen molar-refractivity contribution in [1.82, 2.24) is 4.98 Å². The Labute approximate surface area is 224 Å². The van der Waals surface area contributed by atoms with Crippen molar-refractivity contribution >= 4 is 43.8 Å². The molecule has 0 radical (unpaired) electrons. The second-order valence-electron chi connectivity index (χ2n) is 10.2. The molecule has 2 aliphatic rings. The number of H-pyrrole nitrogens is 1. The molecular formula is C36H32N2. The maximum atomic E-state index is 6.47. The molecule has 4 aromatic rings. The standard InChI is InChI=1S/C36H32N2/c1-4-8-23(2)24(3)13-20-34(37)28-16-17-31-26(21-28)15-19-33-32-18-14-27(22-35(32)38-36(31)33)30-12-7-10-25-9-5-6-11-29(25)30/h4-9,11-22,25,38H,1,10,37H2,2-3H3/b23-8+,24-13+,34-20-. The van der Waals surface area contributed by atoms with Crippen LogP contribution in [0.2, 0.25) is 0 Å². The van der Waals surface area contributed by atoms with Crippen molar-refractivity contribution in [2.24, 2.45) is 11.7 Å². The van der Waals surface area contributed by atoms with Gasteiger partial charge in [0.15, 0.2) is 0 Å². The fourth-order valence-electron chi connectivity index (χ4n) is 5.58. The number of rotatable bonds is 5. The smallest absolute Gasteiger partial charge is 0.0544 e. The molecule has 1 unspecified atom stereocenters. The van der Waals surface area contributed by atoms with Gasteiger partial charge in [-0.15, -0.1) is 0 Å². The molecule has 1 atom stereocenters. The highest BCUT2D eigenvalue weighted by atomic mass is 14.7. The molecular weight excluding hydrogens is 460 g/mol. The normalized spacial score (nSPS) is 18.2. The van der Waals surface area contributed by atoms with Gasteiger partial charge in [-0.1, -0.05) is 97.7 Å². The highest BCUT2D eigenvalue weighted by molar-refractivity contribution is 6.17. The Morgan fingerprint density at radius 3 is 2.58 bits per heavy atom. The first-order chi connectivity index (χ1) is 18.5. The number of allylic oxidation sites excluding steroid dienone is 14. The maximum absolute atomic E-state index is 6.47. The third-order valence-electron chi connectivity index (χ3n) is 7.85. The van der Waals surface area contributed by atoms with Crippen LogP contribution in [0.3, 0.4) is 0 Å². The van der Waals surface area contributed by atoms with Crippen molar-refractivity contribution in [3.05, 3.63) is 144 Å². The molecule has 0 spiro atoms. The predicted molar refractivity (Wildman–Crippen MR) is 166 cm³/mol. The minimum Gasteiger partial charge on any atom is -0.398 e. The fraction of sp³-hybridized carbons (Fsp3) is 0.111. The number of nitrogens with two attached hydrogens (primary N) is 1. The van der Waals surface area contributed by atoms with Crippen LogP contribution >= 0.6 is 0 Å². The summed E-state index contributed by atoms with van der Waals surface area (Å²) in [5, 5.41) is 4.87. The number of fused-ring (bicyclic) bond motifs is 6. The number of aromatic amines is 1. The Bertz CT molecular complexity index is 1830. The molecule has 3 aromatic carbocycles. The van der Waals surface area contributed by atoms with E-state index in [0.29, 0.717) is 5.92 Å². The summed E-state index contributed by atoms with van der Waals surface area (Å²) in [6, 6.07) is 17.7. The molecule has 0 fully saturated rings. The van der Waals surface area contributed by atoms with E-state index in [1.165, 1.54) is 54.9 Å². The van der Waals surface area contributed by atoms with Crippen molar-refractivity contribution in [3.8, 4) is 0 Å². The van der Waals surface area contributed by atoms with Crippen LogP contribution in [0.25, 0.3) is 43.8 Å². The van der Waals surface area contributed by atoms with Crippen LogP contribution in [0.15, 0.2) is 133 Å². The Morgan fingerprint density at radius 2 is 1.71 bits per heavy atom. The molecule has 2 heteroatoms. The van der Waals surface area contributed by atoms with Gasteiger partial charge in [0.05, 0.1) is 5.52 Å². The Kier molecular flexibility index (Phi) is 6.09. The number of benzene rings is 3. The number of hydrogen-bond donors (Lipinski definition) is 2. The summed E-state index contributed by atoms with van der Waals surface area (Å²) in [5.74, 6) is 0.477. The topological polar surface area (TPSA) is 41.8 Å². The zero-order valence-corrected chi connectivity index (χ0v) is 22.0. The van der Waals surface area contributed by atoms with Crippen molar-refractivity contribution < 1.29 is 0 Å². The van der Waals surface area contributed by atoms with Gasteiger partial charge >= 0.3 is 0 Å². The van der Waals surface area contributed by atoms with Gasteiger partial charge in [0, 0.05) is 33.3 Å². The van der Waals surface area contributed by atoms with E-state index in [0.717, 1.165) is 23.2 Å². The second-order valence-corrected chi connectivity index (χ2v) is 10.2. The highest BCUT2D eigenvalue weighted by Crippen LogP contribution is 2.38. The van der Waals surface area contributed by atoms with Gasteiger partial charge < -0.3 is 10.7 Å². The number of aromatic nitrogens is 1. The van der Waals surface area contributed by atoms with Crippen molar-refractivity contribution in [2.45, 2.75) is 20.3 Å². The van der Waals surface area contributed by atoms with Gasteiger partial charge in [0.25, 0.3) is 0 Å². The van der Waals surface area contributed by atoms with Crippen LogP contribution in [0.5, 0.6) is 0 Å². The van der Waals surface area contributed by atoms with E-state index in [9.17, 15) is 0 Å². The second kappa shape index (κ2) is 9.72. The summed E-state index contributed by atoms with van der Waals surface area (Å²) in [4.78, 5) is 3.74. The molecule has 1 aromatic heterocycles. The van der Waals surface area contributed by atoms with Crippen LogP contribution in [-0.2, 0) is 0 Å². The minimum absolute atomic E-state index is 0.477. The van der Waals surface area contributed by atoms with Gasteiger partial charge in [-0.2, -0.15) is 0 Å². The lowest BCUT2D eigenvalue weighted by Crippen LogP contribution is -2.06. The minimum atomic E-state index is 0.477. The molecule has 0 aliphatic heterocycles. The lowest BCUT2D eigenvalue weighted by molar-refractivity contribution is 0.784. The van der Waals surface area contributed by atoms with Crippen LogP contribution in [0.1, 0.15) is 31.4 Å². The summed E-state index contributed by atoms with van der Waals surface area (Å²) < 4.78 is 0. The quantitative estimate of drug-likeness (QED) is 0.268. The molecule has 2 nitrogen and oxygen atoms in total. The lowest BCUT2D eigenvalue weighted by atomic mass is 9.82. The van der Waals surface area contributed by atoms with Crippen LogP contribution < -0.4 is 5.73 Å². The largest absolute Gasteiger partial charge is 0.398 e. The highest BCUT2D eigenvalue weighted by Gasteiger charge is 2.19. The molecule has 186 valence electrons. The van der Waals surface area contributed by atoms with E-state index >= 15 is 0 Å². The van der Waals surface area contributed by atoms with E-state index in [2.05, 4.69) is 116 Å². The Hall–Kier alpha value is -4.56. The molecule has 38 heavy (non-hydrogen) atoms. The molecule has 0 amide bonds. The number of nitrogens with one attached hydrogen (secondary N) is 1. The maximum Gasteiger partial charge on any atom is 0.0544 e. The van der Waals surface area contributed by atoms with Crippen LogP contribution in [0, 0.1) is 5.92 Å². The monoisotopic (exact) mass is 492 g/mol. The SMILES string of the molecule is C=C/C=C(C)/C(C)=C/C=C(\N)c1ccc2c(ccc3c4ccc(C5=C6C=CC=CC6CC=C5)cc4[nH]c23)c1. The first kappa shape index (κ1) is 23.8. The zero-order valence-electron chi connectivity index (χ0n) is 22.0. The third kappa shape index (κ3) is 4.18. The first-order valence-electron chi connectivity index (χ1n) is 13.2. The van der Waals surface area contributed by atoms with E-state index in [1.54, 1.807) is 6.08 Å². The molecule has 2 aliphatic carbocycles. The summed E-state index contributed by atoms with van der Waals surface area (Å²) in [5.41, 5.74) is 16.9. The van der Waals surface area contributed by atoms with Gasteiger partial charge in [-0.05, 0) is 77.3 Å². The summed E-state index contributed by atoms with van der Waals surface area (Å²) in [6.07, 6.45) is 22.4. The summed E-state index contributed by atoms with van der Waals surface area (Å²) >= 11 is 0. The lowest BCUT2D eigenvalue weighted by Gasteiger charge is -2.22. The Balaban J connectivity index is 1.40.